The van der Waals surface area contributed by atoms with Crippen molar-refractivity contribution in [3.63, 3.8) is 0 Å². The Morgan fingerprint density at radius 1 is 1.86 bits per heavy atom. The highest BCUT2D eigenvalue weighted by Crippen LogP contribution is 1.88. The molecule has 0 bridgehead atoms. The molecule has 0 heterocycles. The van der Waals surface area contributed by atoms with E-state index in [1.807, 2.05) is 0 Å². The van der Waals surface area contributed by atoms with Crippen LogP contribution < -0.4 is 0 Å². The van der Waals surface area contributed by atoms with Crippen LogP contribution in [0.3, 0.4) is 0 Å². The second kappa shape index (κ2) is 3.53. The van der Waals surface area contributed by atoms with Gasteiger partial charge < -0.3 is 5.41 Å². The third-order valence-electron chi connectivity index (χ3n) is 0.579. The maximum Gasteiger partial charge on any atom is 0.111 e. The molecule has 0 saturated heterocycles. The fourth-order valence-electron chi connectivity index (χ4n) is 0.187. The molecule has 0 spiro atoms. The van der Waals surface area contributed by atoms with Crippen molar-refractivity contribution in [2.75, 3.05) is 6.67 Å². The van der Waals surface area contributed by atoms with E-state index in [-0.39, 0.29) is 0 Å². The maximum absolute atomic E-state index is 11.4. The van der Waals surface area contributed by atoms with Crippen LogP contribution in [0.1, 0.15) is 6.92 Å². The van der Waals surface area contributed by atoms with Gasteiger partial charge in [-0.2, -0.15) is 0 Å². The largest absolute Gasteiger partial charge is 0.309 e. The Morgan fingerprint density at radius 3 is 2.57 bits per heavy atom. The van der Waals surface area contributed by atoms with Crippen molar-refractivity contribution < 1.29 is 4.39 Å². The Labute approximate surface area is 42.4 Å². The van der Waals surface area contributed by atoms with Crippen molar-refractivity contribution in [3.05, 3.63) is 11.6 Å². The molecule has 40 valence electrons. The number of alkyl halides is 1. The maximum atomic E-state index is 11.4. The summed E-state index contributed by atoms with van der Waals surface area (Å²) in [5, 5.41) is 6.47. The number of halogens is 1. The summed E-state index contributed by atoms with van der Waals surface area (Å²) in [5.74, 6) is 0. The van der Waals surface area contributed by atoms with Crippen molar-refractivity contribution in [1.82, 2.24) is 0 Å². The van der Waals surface area contributed by atoms with Gasteiger partial charge in [-0.25, -0.2) is 4.39 Å². The van der Waals surface area contributed by atoms with Gasteiger partial charge in [0.1, 0.15) is 6.67 Å². The highest BCUT2D eigenvalue weighted by molar-refractivity contribution is 5.68. The van der Waals surface area contributed by atoms with E-state index < -0.39 is 6.67 Å². The van der Waals surface area contributed by atoms with E-state index in [9.17, 15) is 4.39 Å². The average Bonchev–Trinajstić information content (AvgIpc) is 1.68. The minimum atomic E-state index is -0.449. The molecule has 0 rings (SSSR count). The van der Waals surface area contributed by atoms with Crippen LogP contribution in [-0.2, 0) is 0 Å². The number of rotatable bonds is 2. The van der Waals surface area contributed by atoms with Crippen LogP contribution in [0.4, 0.5) is 4.39 Å². The monoisotopic (exact) mass is 101 g/mol. The summed E-state index contributed by atoms with van der Waals surface area (Å²) in [6.45, 7) is 1.19. The Kier molecular flexibility index (Phi) is 3.19. The van der Waals surface area contributed by atoms with E-state index >= 15 is 0 Å². The molecule has 7 heavy (non-hydrogen) atoms. The molecule has 0 aliphatic heterocycles. The molecular formula is C5H8FN. The van der Waals surface area contributed by atoms with E-state index in [1.165, 1.54) is 6.08 Å². The SMILES string of the molecule is C/C(=C/C=N)CF. The smallest absolute Gasteiger partial charge is 0.111 e. The minimum absolute atomic E-state index is 0.449. The third-order valence-corrected chi connectivity index (χ3v) is 0.579. The molecule has 0 fully saturated rings. The van der Waals surface area contributed by atoms with Crippen LogP contribution in [0.2, 0.25) is 0 Å². The van der Waals surface area contributed by atoms with Crippen molar-refractivity contribution in [2.24, 2.45) is 0 Å². The summed E-state index contributed by atoms with van der Waals surface area (Å²) in [4.78, 5) is 0. The lowest BCUT2D eigenvalue weighted by Gasteiger charge is -1.82. The number of allylic oxidation sites excluding steroid dienone is 2. The van der Waals surface area contributed by atoms with Crippen molar-refractivity contribution in [2.45, 2.75) is 6.92 Å². The topological polar surface area (TPSA) is 23.9 Å². The van der Waals surface area contributed by atoms with E-state index in [0.717, 1.165) is 6.21 Å². The highest BCUT2D eigenvalue weighted by atomic mass is 19.1. The molecule has 2 heteroatoms. The lowest BCUT2D eigenvalue weighted by Crippen LogP contribution is -1.75. The first-order valence-corrected chi connectivity index (χ1v) is 2.03. The molecule has 0 aromatic carbocycles. The molecule has 0 aromatic heterocycles. The van der Waals surface area contributed by atoms with Gasteiger partial charge in [0, 0.05) is 6.21 Å². The van der Waals surface area contributed by atoms with Gasteiger partial charge in [-0.1, -0.05) is 0 Å². The van der Waals surface area contributed by atoms with Gasteiger partial charge in [0.25, 0.3) is 0 Å². The summed E-state index contributed by atoms with van der Waals surface area (Å²) < 4.78 is 11.4. The Morgan fingerprint density at radius 2 is 2.43 bits per heavy atom. The molecule has 0 radical (unpaired) electrons. The first kappa shape index (κ1) is 6.34. The number of hydrogen-bond acceptors (Lipinski definition) is 1. The molecule has 0 aromatic rings. The zero-order valence-corrected chi connectivity index (χ0v) is 4.24. The van der Waals surface area contributed by atoms with Crippen LogP contribution in [0, 0.1) is 5.41 Å². The Hall–Kier alpha value is -0.660. The van der Waals surface area contributed by atoms with Crippen LogP contribution in [0.5, 0.6) is 0 Å². The summed E-state index contributed by atoms with van der Waals surface area (Å²) in [7, 11) is 0. The quantitative estimate of drug-likeness (QED) is 0.510. The lowest BCUT2D eigenvalue weighted by atomic mass is 10.3. The van der Waals surface area contributed by atoms with Gasteiger partial charge in [0.05, 0.1) is 0 Å². The second-order valence-corrected chi connectivity index (χ2v) is 1.31. The van der Waals surface area contributed by atoms with Gasteiger partial charge in [0.15, 0.2) is 0 Å². The fourth-order valence-corrected chi connectivity index (χ4v) is 0.187. The summed E-state index contributed by atoms with van der Waals surface area (Å²) >= 11 is 0. The number of hydrogen-bond donors (Lipinski definition) is 1. The minimum Gasteiger partial charge on any atom is -0.309 e. The van der Waals surface area contributed by atoms with E-state index in [0.29, 0.717) is 5.57 Å². The second-order valence-electron chi connectivity index (χ2n) is 1.31. The molecule has 1 N–H and O–H groups in total. The predicted octanol–water partition coefficient (Wildman–Crippen LogP) is 1.55. The van der Waals surface area contributed by atoms with Crippen LogP contribution in [-0.4, -0.2) is 12.9 Å². The molecule has 0 atom stereocenters. The van der Waals surface area contributed by atoms with E-state index in [4.69, 9.17) is 5.41 Å². The number of nitrogens with one attached hydrogen (secondary N) is 1. The van der Waals surface area contributed by atoms with Crippen LogP contribution in [0.15, 0.2) is 11.6 Å². The summed E-state index contributed by atoms with van der Waals surface area (Å²) in [6.07, 6.45) is 2.51. The fraction of sp³-hybridized carbons (Fsp3) is 0.400. The Balaban J connectivity index is 3.49. The van der Waals surface area contributed by atoms with Crippen LogP contribution in [0.25, 0.3) is 0 Å². The molecule has 1 nitrogen and oxygen atoms in total. The third kappa shape index (κ3) is 3.16. The lowest BCUT2D eigenvalue weighted by molar-refractivity contribution is 0.543. The van der Waals surface area contributed by atoms with Gasteiger partial charge in [-0.3, -0.25) is 0 Å². The Bertz CT molecular complexity index is 86.1. The predicted molar refractivity (Wildman–Crippen MR) is 28.5 cm³/mol. The standard InChI is InChI=1S/C5H8FN/c1-5(4-6)2-3-7/h2-3,7H,4H2,1H3/b5-2-,7-3?. The summed E-state index contributed by atoms with van der Waals surface area (Å²) in [6, 6.07) is 0. The molecule has 0 aliphatic carbocycles. The van der Waals surface area contributed by atoms with Gasteiger partial charge >= 0.3 is 0 Å². The average molecular weight is 101 g/mol. The van der Waals surface area contributed by atoms with Gasteiger partial charge in [-0.05, 0) is 18.6 Å². The normalized spacial score (nSPS) is 11.4. The molecule has 0 amide bonds. The zero-order valence-electron chi connectivity index (χ0n) is 4.24. The zero-order chi connectivity index (χ0) is 5.70. The molecule has 0 aliphatic rings. The van der Waals surface area contributed by atoms with Crippen molar-refractivity contribution in [3.8, 4) is 0 Å². The van der Waals surface area contributed by atoms with Crippen molar-refractivity contribution >= 4 is 6.21 Å². The van der Waals surface area contributed by atoms with E-state index in [1.54, 1.807) is 6.92 Å². The van der Waals surface area contributed by atoms with Gasteiger partial charge in [-0.15, -0.1) is 0 Å². The first-order valence-electron chi connectivity index (χ1n) is 2.03. The molecule has 0 saturated carbocycles. The van der Waals surface area contributed by atoms with E-state index in [2.05, 4.69) is 0 Å². The first-order chi connectivity index (χ1) is 3.31. The molecular weight excluding hydrogens is 93.1 g/mol. The summed E-state index contributed by atoms with van der Waals surface area (Å²) in [5.41, 5.74) is 0.593. The van der Waals surface area contributed by atoms with Crippen molar-refractivity contribution in [1.29, 1.82) is 5.41 Å². The molecule has 0 unspecified atom stereocenters. The van der Waals surface area contributed by atoms with Crippen LogP contribution >= 0.6 is 0 Å². The highest BCUT2D eigenvalue weighted by Gasteiger charge is 1.79. The van der Waals surface area contributed by atoms with Gasteiger partial charge in [0.2, 0.25) is 0 Å².